The Kier molecular flexibility index (Phi) is 4.74. The van der Waals surface area contributed by atoms with Gasteiger partial charge in [0.1, 0.15) is 5.82 Å². The van der Waals surface area contributed by atoms with Crippen LogP contribution in [0.25, 0.3) is 0 Å². The van der Waals surface area contributed by atoms with E-state index >= 15 is 0 Å². The van der Waals surface area contributed by atoms with Gasteiger partial charge in [-0.25, -0.2) is 4.79 Å². The van der Waals surface area contributed by atoms with Gasteiger partial charge in [0.2, 0.25) is 5.91 Å². The molecule has 7 heteroatoms. The molecule has 0 spiro atoms. The van der Waals surface area contributed by atoms with Crippen LogP contribution in [0.2, 0.25) is 0 Å². The average Bonchev–Trinajstić information content (AvgIpc) is 2.64. The normalized spacial score (nSPS) is 17.4. The molecule has 0 saturated carbocycles. The Labute approximate surface area is 145 Å². The fourth-order valence-corrected chi connectivity index (χ4v) is 3.19. The molecular weight excluding hydrogens is 320 g/mol. The zero-order chi connectivity index (χ0) is 18.0. The van der Waals surface area contributed by atoms with Gasteiger partial charge in [-0.15, -0.1) is 0 Å². The van der Waals surface area contributed by atoms with Crippen molar-refractivity contribution in [1.29, 1.82) is 0 Å². The van der Waals surface area contributed by atoms with Gasteiger partial charge in [0.05, 0.1) is 5.92 Å². The molecule has 132 valence electrons. The van der Waals surface area contributed by atoms with E-state index in [0.29, 0.717) is 12.4 Å². The molecule has 1 aromatic heterocycles. The number of rotatable bonds is 3. The minimum atomic E-state index is -0.363. The highest BCUT2D eigenvalue weighted by Gasteiger charge is 2.27. The number of piperidine rings is 1. The van der Waals surface area contributed by atoms with Crippen LogP contribution in [0.15, 0.2) is 46.0 Å². The van der Waals surface area contributed by atoms with Crippen molar-refractivity contribution in [2.75, 3.05) is 23.3 Å². The highest BCUT2D eigenvalue weighted by Crippen LogP contribution is 2.22. The van der Waals surface area contributed by atoms with Gasteiger partial charge < -0.3 is 10.2 Å². The molecule has 25 heavy (non-hydrogen) atoms. The summed E-state index contributed by atoms with van der Waals surface area (Å²) in [7, 11) is 3.10. The van der Waals surface area contributed by atoms with Crippen molar-refractivity contribution in [3.63, 3.8) is 0 Å². The van der Waals surface area contributed by atoms with Crippen molar-refractivity contribution in [3.8, 4) is 0 Å². The number of benzene rings is 1. The first-order valence-corrected chi connectivity index (χ1v) is 8.35. The molecule has 1 aliphatic rings. The third kappa shape index (κ3) is 3.50. The fraction of sp³-hybridized carbons (Fsp3) is 0.389. The van der Waals surface area contributed by atoms with Gasteiger partial charge >= 0.3 is 5.69 Å². The quantitative estimate of drug-likeness (QED) is 0.901. The summed E-state index contributed by atoms with van der Waals surface area (Å²) in [6.45, 7) is 1.20. The standard InChI is InChI=1S/C18H22N4O3/c1-20-15(11-16(23)21(2)18(20)25)22-10-6-7-13(12-22)17(24)19-14-8-4-3-5-9-14/h3-5,8-9,11,13H,6-7,10,12H2,1-2H3,(H,19,24)/t13-/m0/s1. The lowest BCUT2D eigenvalue weighted by Gasteiger charge is -2.34. The molecule has 1 atom stereocenters. The zero-order valence-electron chi connectivity index (χ0n) is 14.4. The SMILES string of the molecule is Cn1c(N2CCC[C@H](C(=O)Nc3ccccc3)C2)cc(=O)n(C)c1=O. The van der Waals surface area contributed by atoms with Crippen LogP contribution in [0.3, 0.4) is 0 Å². The summed E-state index contributed by atoms with van der Waals surface area (Å²) in [4.78, 5) is 38.6. The molecule has 1 N–H and O–H groups in total. The second kappa shape index (κ2) is 6.96. The number of anilines is 2. The van der Waals surface area contributed by atoms with Crippen molar-refractivity contribution in [3.05, 3.63) is 57.2 Å². The van der Waals surface area contributed by atoms with Gasteiger partial charge in [0.15, 0.2) is 0 Å². The number of carbonyl (C=O) groups excluding carboxylic acids is 1. The molecule has 3 rings (SSSR count). The van der Waals surface area contributed by atoms with Crippen LogP contribution in [0, 0.1) is 5.92 Å². The minimum Gasteiger partial charge on any atom is -0.357 e. The number of nitrogens with zero attached hydrogens (tertiary/aromatic N) is 3. The van der Waals surface area contributed by atoms with E-state index in [9.17, 15) is 14.4 Å². The largest absolute Gasteiger partial charge is 0.357 e. The van der Waals surface area contributed by atoms with E-state index in [-0.39, 0.29) is 23.1 Å². The van der Waals surface area contributed by atoms with E-state index in [4.69, 9.17) is 0 Å². The van der Waals surface area contributed by atoms with Crippen molar-refractivity contribution in [1.82, 2.24) is 9.13 Å². The van der Waals surface area contributed by atoms with Gasteiger partial charge in [-0.2, -0.15) is 0 Å². The molecule has 0 unspecified atom stereocenters. The summed E-state index contributed by atoms with van der Waals surface area (Å²) < 4.78 is 2.53. The lowest BCUT2D eigenvalue weighted by molar-refractivity contribution is -0.120. The number of para-hydroxylation sites is 1. The van der Waals surface area contributed by atoms with Crippen LogP contribution in [0.1, 0.15) is 12.8 Å². The average molecular weight is 342 g/mol. The Morgan fingerprint density at radius 1 is 1.12 bits per heavy atom. The first kappa shape index (κ1) is 17.0. The van der Waals surface area contributed by atoms with Crippen LogP contribution in [0.5, 0.6) is 0 Å². The number of aromatic nitrogens is 2. The Balaban J connectivity index is 1.79. The van der Waals surface area contributed by atoms with Crippen LogP contribution in [0.4, 0.5) is 11.5 Å². The molecule has 1 aromatic carbocycles. The Bertz CT molecular complexity index is 885. The van der Waals surface area contributed by atoms with E-state index in [2.05, 4.69) is 5.32 Å². The number of hydrogen-bond acceptors (Lipinski definition) is 4. The minimum absolute atomic E-state index is 0.0373. The Hall–Kier alpha value is -2.83. The molecule has 1 aliphatic heterocycles. The molecule has 0 bridgehead atoms. The van der Waals surface area contributed by atoms with Gasteiger partial charge in [0.25, 0.3) is 5.56 Å². The van der Waals surface area contributed by atoms with Gasteiger partial charge in [-0.05, 0) is 25.0 Å². The van der Waals surface area contributed by atoms with Gasteiger partial charge in [-0.3, -0.25) is 18.7 Å². The monoisotopic (exact) mass is 342 g/mol. The Morgan fingerprint density at radius 3 is 2.56 bits per heavy atom. The summed E-state index contributed by atoms with van der Waals surface area (Å²) >= 11 is 0. The number of amides is 1. The van der Waals surface area contributed by atoms with E-state index in [1.807, 2.05) is 35.2 Å². The molecule has 1 saturated heterocycles. The van der Waals surface area contributed by atoms with Gasteiger partial charge in [-0.1, -0.05) is 18.2 Å². The highest BCUT2D eigenvalue weighted by molar-refractivity contribution is 5.93. The smallest absolute Gasteiger partial charge is 0.332 e. The maximum Gasteiger partial charge on any atom is 0.332 e. The summed E-state index contributed by atoms with van der Waals surface area (Å²) in [5.74, 6) is 0.336. The maximum atomic E-state index is 12.5. The predicted molar refractivity (Wildman–Crippen MR) is 96.9 cm³/mol. The van der Waals surface area contributed by atoms with E-state index in [1.165, 1.54) is 17.7 Å². The first-order valence-electron chi connectivity index (χ1n) is 8.35. The summed E-state index contributed by atoms with van der Waals surface area (Å²) in [6.07, 6.45) is 1.62. The van der Waals surface area contributed by atoms with Crippen molar-refractivity contribution >= 4 is 17.4 Å². The number of nitrogens with one attached hydrogen (secondary N) is 1. The highest BCUT2D eigenvalue weighted by atomic mass is 16.2. The van der Waals surface area contributed by atoms with E-state index < -0.39 is 0 Å². The maximum absolute atomic E-state index is 12.5. The van der Waals surface area contributed by atoms with E-state index in [0.717, 1.165) is 29.6 Å². The van der Waals surface area contributed by atoms with Crippen molar-refractivity contribution in [2.24, 2.45) is 20.0 Å². The Morgan fingerprint density at radius 2 is 1.84 bits per heavy atom. The number of hydrogen-bond donors (Lipinski definition) is 1. The van der Waals surface area contributed by atoms with E-state index in [1.54, 1.807) is 7.05 Å². The lowest BCUT2D eigenvalue weighted by Crippen LogP contribution is -2.45. The third-order valence-electron chi connectivity index (χ3n) is 4.66. The molecule has 1 amide bonds. The summed E-state index contributed by atoms with van der Waals surface area (Å²) in [6, 6.07) is 10.8. The molecule has 7 nitrogen and oxygen atoms in total. The van der Waals surface area contributed by atoms with Crippen LogP contribution in [-0.4, -0.2) is 28.1 Å². The molecule has 0 aliphatic carbocycles. The lowest BCUT2D eigenvalue weighted by atomic mass is 9.97. The molecule has 0 radical (unpaired) electrons. The second-order valence-electron chi connectivity index (χ2n) is 6.38. The molecule has 2 heterocycles. The fourth-order valence-electron chi connectivity index (χ4n) is 3.19. The topological polar surface area (TPSA) is 76.3 Å². The summed E-state index contributed by atoms with van der Waals surface area (Å²) in [5, 5.41) is 2.93. The molecule has 2 aromatic rings. The zero-order valence-corrected chi connectivity index (χ0v) is 14.4. The van der Waals surface area contributed by atoms with Crippen LogP contribution < -0.4 is 21.5 Å². The second-order valence-corrected chi connectivity index (χ2v) is 6.38. The third-order valence-corrected chi connectivity index (χ3v) is 4.66. The molecule has 1 fully saturated rings. The predicted octanol–water partition coefficient (Wildman–Crippen LogP) is 0.939. The van der Waals surface area contributed by atoms with Crippen molar-refractivity contribution < 1.29 is 4.79 Å². The first-order chi connectivity index (χ1) is 12.0. The molecular formula is C18H22N4O3. The van der Waals surface area contributed by atoms with Gasteiger partial charge in [0, 0.05) is 38.9 Å². The van der Waals surface area contributed by atoms with Crippen molar-refractivity contribution in [2.45, 2.75) is 12.8 Å². The van der Waals surface area contributed by atoms with Crippen LogP contribution >= 0.6 is 0 Å². The number of carbonyl (C=O) groups is 1. The van der Waals surface area contributed by atoms with Crippen LogP contribution in [-0.2, 0) is 18.9 Å². The summed E-state index contributed by atoms with van der Waals surface area (Å²) in [5.41, 5.74) is 0.0675.